The average molecular weight is 287 g/mol. The van der Waals surface area contributed by atoms with Crippen LogP contribution in [0.4, 0.5) is 0 Å². The van der Waals surface area contributed by atoms with Crippen LogP contribution in [0.25, 0.3) is 5.57 Å². The Morgan fingerprint density at radius 1 is 1.10 bits per heavy atom. The molecule has 1 aliphatic carbocycles. The van der Waals surface area contributed by atoms with E-state index in [1.807, 2.05) is 0 Å². The molecule has 1 aliphatic rings. The molecule has 0 N–H and O–H groups in total. The molecule has 0 spiro atoms. The molecule has 0 heterocycles. The molecule has 0 radical (unpaired) electrons. The SMILES string of the molecule is CN(C)C1(PC(C)(C)C)CC=CC=C1c1ccccc1. The zero-order chi connectivity index (χ0) is 14.8. The molecule has 20 heavy (non-hydrogen) atoms. The van der Waals surface area contributed by atoms with Gasteiger partial charge in [-0.3, -0.25) is 4.90 Å². The van der Waals surface area contributed by atoms with Crippen LogP contribution in [0, 0.1) is 0 Å². The Kier molecular flexibility index (Phi) is 4.52. The molecule has 1 aromatic carbocycles. The van der Waals surface area contributed by atoms with Gasteiger partial charge in [-0.2, -0.15) is 0 Å². The van der Waals surface area contributed by atoms with Gasteiger partial charge in [-0.25, -0.2) is 0 Å². The van der Waals surface area contributed by atoms with E-state index in [1.54, 1.807) is 0 Å². The maximum absolute atomic E-state index is 2.42. The Balaban J connectivity index is 2.50. The largest absolute Gasteiger partial charge is 0.296 e. The molecule has 2 unspecified atom stereocenters. The van der Waals surface area contributed by atoms with Gasteiger partial charge in [0.2, 0.25) is 0 Å². The Labute approximate surface area is 125 Å². The molecule has 2 rings (SSSR count). The van der Waals surface area contributed by atoms with Crippen molar-refractivity contribution < 1.29 is 0 Å². The minimum absolute atomic E-state index is 0.119. The molecule has 1 aromatic rings. The van der Waals surface area contributed by atoms with Crippen molar-refractivity contribution in [3.63, 3.8) is 0 Å². The molecule has 108 valence electrons. The normalized spacial score (nSPS) is 23.6. The number of hydrogen-bond acceptors (Lipinski definition) is 1. The molecule has 0 amide bonds. The van der Waals surface area contributed by atoms with E-state index in [2.05, 4.69) is 88.3 Å². The fraction of sp³-hybridized carbons (Fsp3) is 0.444. The lowest BCUT2D eigenvalue weighted by Gasteiger charge is -2.46. The van der Waals surface area contributed by atoms with Crippen LogP contribution in [0.1, 0.15) is 32.8 Å². The van der Waals surface area contributed by atoms with E-state index in [0.717, 1.165) is 15.0 Å². The lowest BCUT2D eigenvalue weighted by molar-refractivity contribution is 0.312. The summed E-state index contributed by atoms with van der Waals surface area (Å²) >= 11 is 0. The Hall–Kier alpha value is -0.910. The fourth-order valence-electron chi connectivity index (χ4n) is 2.88. The standard InChI is InChI=1S/C18H26NP/c1-17(2,3)20-18(19(4)5)14-10-9-13-16(18)15-11-7-6-8-12-15/h6-13,20H,14H2,1-5H3. The molecule has 0 bridgehead atoms. The third-order valence-corrected chi connectivity index (χ3v) is 5.77. The summed E-state index contributed by atoms with van der Waals surface area (Å²) < 4.78 is 0. The van der Waals surface area contributed by atoms with E-state index in [4.69, 9.17) is 0 Å². The van der Waals surface area contributed by atoms with Crippen molar-refractivity contribution in [2.75, 3.05) is 14.1 Å². The van der Waals surface area contributed by atoms with E-state index < -0.39 is 0 Å². The van der Waals surface area contributed by atoms with Crippen LogP contribution in [-0.4, -0.2) is 29.4 Å². The van der Waals surface area contributed by atoms with E-state index in [-0.39, 0.29) is 5.28 Å². The number of hydrogen-bond donors (Lipinski definition) is 0. The zero-order valence-corrected chi connectivity index (χ0v) is 14.3. The second kappa shape index (κ2) is 5.84. The summed E-state index contributed by atoms with van der Waals surface area (Å²) in [5.41, 5.74) is 2.81. The number of allylic oxidation sites excluding steroid dienone is 2. The molecule has 0 aromatic heterocycles. The van der Waals surface area contributed by atoms with Crippen molar-refractivity contribution in [3.8, 4) is 0 Å². The van der Waals surface area contributed by atoms with E-state index in [0.29, 0.717) is 5.16 Å². The monoisotopic (exact) mass is 287 g/mol. The van der Waals surface area contributed by atoms with E-state index >= 15 is 0 Å². The molecule has 0 saturated carbocycles. The van der Waals surface area contributed by atoms with Gasteiger partial charge in [0.25, 0.3) is 0 Å². The number of benzene rings is 1. The summed E-state index contributed by atoms with van der Waals surface area (Å²) in [7, 11) is 5.29. The number of nitrogens with zero attached hydrogens (tertiary/aromatic N) is 1. The Morgan fingerprint density at radius 2 is 1.75 bits per heavy atom. The van der Waals surface area contributed by atoms with Crippen LogP contribution in [0.15, 0.2) is 48.6 Å². The van der Waals surface area contributed by atoms with Crippen molar-refractivity contribution in [1.29, 1.82) is 0 Å². The highest BCUT2D eigenvalue weighted by molar-refractivity contribution is 7.42. The summed E-state index contributed by atoms with van der Waals surface area (Å²) in [5, 5.41) is 0.442. The molecular weight excluding hydrogens is 261 g/mol. The van der Waals surface area contributed by atoms with Gasteiger partial charge in [0, 0.05) is 0 Å². The second-order valence-corrected chi connectivity index (χ2v) is 9.29. The summed E-state index contributed by atoms with van der Waals surface area (Å²) in [6.45, 7) is 7.03. The van der Waals surface area contributed by atoms with Crippen molar-refractivity contribution in [3.05, 3.63) is 54.1 Å². The van der Waals surface area contributed by atoms with Crippen LogP contribution >= 0.6 is 8.58 Å². The number of likely N-dealkylation sites (N-methyl/N-ethyl adjacent to an activating group) is 1. The summed E-state index contributed by atoms with van der Waals surface area (Å²) in [6, 6.07) is 10.8. The first-order chi connectivity index (χ1) is 9.35. The molecule has 2 atom stereocenters. The Bertz CT molecular complexity index is 508. The number of rotatable bonds is 3. The molecule has 0 fully saturated rings. The maximum atomic E-state index is 2.42. The Morgan fingerprint density at radius 3 is 2.30 bits per heavy atom. The van der Waals surface area contributed by atoms with Crippen LogP contribution in [0.2, 0.25) is 0 Å². The van der Waals surface area contributed by atoms with E-state index in [1.165, 1.54) is 11.1 Å². The third kappa shape index (κ3) is 3.22. The van der Waals surface area contributed by atoms with Crippen LogP contribution in [-0.2, 0) is 0 Å². The molecule has 1 nitrogen and oxygen atoms in total. The highest BCUT2D eigenvalue weighted by atomic mass is 31.1. The van der Waals surface area contributed by atoms with Crippen molar-refractivity contribution >= 4 is 14.2 Å². The van der Waals surface area contributed by atoms with Gasteiger partial charge < -0.3 is 0 Å². The molecule has 0 saturated heterocycles. The quantitative estimate of drug-likeness (QED) is 0.724. The molecule has 0 aliphatic heterocycles. The smallest absolute Gasteiger partial charge is 0.0670 e. The van der Waals surface area contributed by atoms with Crippen LogP contribution in [0.3, 0.4) is 0 Å². The van der Waals surface area contributed by atoms with Gasteiger partial charge >= 0.3 is 0 Å². The maximum Gasteiger partial charge on any atom is 0.0670 e. The van der Waals surface area contributed by atoms with Crippen molar-refractivity contribution in [1.82, 2.24) is 4.90 Å². The minimum atomic E-state index is 0.119. The van der Waals surface area contributed by atoms with E-state index in [9.17, 15) is 0 Å². The first kappa shape index (κ1) is 15.5. The summed E-state index contributed by atoms with van der Waals surface area (Å²) in [4.78, 5) is 2.42. The first-order valence-electron chi connectivity index (χ1n) is 7.25. The van der Waals surface area contributed by atoms with Crippen LogP contribution < -0.4 is 0 Å². The highest BCUT2D eigenvalue weighted by Gasteiger charge is 2.40. The first-order valence-corrected chi connectivity index (χ1v) is 8.25. The second-order valence-electron chi connectivity index (χ2n) is 6.71. The molecule has 2 heteroatoms. The molecular formula is C18H26NP. The topological polar surface area (TPSA) is 3.24 Å². The van der Waals surface area contributed by atoms with Crippen molar-refractivity contribution in [2.45, 2.75) is 37.6 Å². The van der Waals surface area contributed by atoms with Gasteiger partial charge in [0.15, 0.2) is 0 Å². The predicted octanol–water partition coefficient (Wildman–Crippen LogP) is 4.76. The third-order valence-electron chi connectivity index (χ3n) is 3.69. The predicted molar refractivity (Wildman–Crippen MR) is 92.7 cm³/mol. The van der Waals surface area contributed by atoms with Gasteiger partial charge in [0.05, 0.1) is 5.28 Å². The fourth-order valence-corrected chi connectivity index (χ4v) is 4.92. The van der Waals surface area contributed by atoms with Gasteiger partial charge in [0.1, 0.15) is 0 Å². The van der Waals surface area contributed by atoms with Gasteiger partial charge in [-0.1, -0.05) is 77.9 Å². The minimum Gasteiger partial charge on any atom is -0.296 e. The lowest BCUT2D eigenvalue weighted by Crippen LogP contribution is -2.44. The zero-order valence-electron chi connectivity index (χ0n) is 13.3. The summed E-state index contributed by atoms with van der Waals surface area (Å²) in [6.07, 6.45) is 7.91. The van der Waals surface area contributed by atoms with Gasteiger partial charge in [-0.15, -0.1) is 0 Å². The summed E-state index contributed by atoms with van der Waals surface area (Å²) in [5.74, 6) is 0. The highest BCUT2D eigenvalue weighted by Crippen LogP contribution is 2.54. The van der Waals surface area contributed by atoms with Crippen LogP contribution in [0.5, 0.6) is 0 Å². The lowest BCUT2D eigenvalue weighted by atomic mass is 9.91. The average Bonchev–Trinajstić information content (AvgIpc) is 2.38. The van der Waals surface area contributed by atoms with Gasteiger partial charge in [-0.05, 0) is 36.8 Å². The van der Waals surface area contributed by atoms with Crippen molar-refractivity contribution in [2.24, 2.45) is 0 Å².